The van der Waals surface area contributed by atoms with Crippen LogP contribution in [-0.2, 0) is 12.0 Å². The number of furan rings is 1. The molecule has 0 saturated carbocycles. The van der Waals surface area contributed by atoms with Crippen molar-refractivity contribution in [1.82, 2.24) is 5.32 Å². The van der Waals surface area contributed by atoms with E-state index in [1.165, 1.54) is 22.1 Å². The van der Waals surface area contributed by atoms with Crippen LogP contribution in [-0.4, -0.2) is 6.04 Å². The van der Waals surface area contributed by atoms with Crippen LogP contribution in [0.5, 0.6) is 0 Å². The quantitative estimate of drug-likeness (QED) is 0.875. The Bertz CT molecular complexity index is 573. The molecule has 2 nitrogen and oxygen atoms in total. The molecule has 0 fully saturated rings. The molecule has 0 unspecified atom stereocenters. The second-order valence-corrected chi connectivity index (χ2v) is 6.72. The van der Waals surface area contributed by atoms with E-state index in [2.05, 4.69) is 59.0 Å². The van der Waals surface area contributed by atoms with E-state index in [1.54, 1.807) is 0 Å². The monoisotopic (exact) mass is 259 g/mol. The molecule has 0 bridgehead atoms. The highest BCUT2D eigenvalue weighted by molar-refractivity contribution is 5.84. The van der Waals surface area contributed by atoms with Crippen molar-refractivity contribution >= 4 is 11.0 Å². The number of benzene rings is 1. The third-order valence-electron chi connectivity index (χ3n) is 3.51. The largest absolute Gasteiger partial charge is 0.464 e. The third-order valence-corrected chi connectivity index (χ3v) is 3.51. The first kappa shape index (κ1) is 14.1. The smallest absolute Gasteiger partial charge is 0.137 e. The fourth-order valence-electron chi connectivity index (χ4n) is 2.25. The average molecular weight is 259 g/mol. The Balaban J connectivity index is 2.48. The van der Waals surface area contributed by atoms with E-state index >= 15 is 0 Å². The zero-order chi connectivity index (χ0) is 14.2. The second kappa shape index (κ2) is 5.01. The van der Waals surface area contributed by atoms with E-state index in [1.807, 2.05) is 6.26 Å². The van der Waals surface area contributed by atoms with E-state index in [4.69, 9.17) is 4.42 Å². The summed E-state index contributed by atoms with van der Waals surface area (Å²) in [6, 6.07) is 5.01. The van der Waals surface area contributed by atoms with Crippen molar-refractivity contribution in [2.75, 3.05) is 0 Å². The Labute approximate surface area is 116 Å². The van der Waals surface area contributed by atoms with E-state index < -0.39 is 0 Å². The molecule has 0 aliphatic rings. The van der Waals surface area contributed by atoms with Crippen LogP contribution in [0.2, 0.25) is 0 Å². The Hall–Kier alpha value is -1.28. The van der Waals surface area contributed by atoms with E-state index in [9.17, 15) is 0 Å². The van der Waals surface area contributed by atoms with Crippen LogP contribution in [0, 0.1) is 6.92 Å². The van der Waals surface area contributed by atoms with Gasteiger partial charge in [-0.2, -0.15) is 0 Å². The summed E-state index contributed by atoms with van der Waals surface area (Å²) < 4.78 is 5.74. The molecule has 0 aliphatic heterocycles. The molecule has 19 heavy (non-hydrogen) atoms. The summed E-state index contributed by atoms with van der Waals surface area (Å²) in [6.07, 6.45) is 1.89. The Kier molecular flexibility index (Phi) is 3.73. The molecule has 0 spiro atoms. The van der Waals surface area contributed by atoms with Crippen molar-refractivity contribution in [3.05, 3.63) is 35.1 Å². The highest BCUT2D eigenvalue weighted by Gasteiger charge is 2.17. The lowest BCUT2D eigenvalue weighted by molar-refractivity contribution is 0.571. The van der Waals surface area contributed by atoms with Gasteiger partial charge in [-0.1, -0.05) is 40.7 Å². The van der Waals surface area contributed by atoms with Crippen molar-refractivity contribution < 1.29 is 4.42 Å². The van der Waals surface area contributed by atoms with Gasteiger partial charge in [-0.25, -0.2) is 0 Å². The van der Waals surface area contributed by atoms with Crippen LogP contribution in [0.25, 0.3) is 11.0 Å². The van der Waals surface area contributed by atoms with Gasteiger partial charge in [0.2, 0.25) is 0 Å². The van der Waals surface area contributed by atoms with Gasteiger partial charge >= 0.3 is 0 Å². The van der Waals surface area contributed by atoms with Gasteiger partial charge in [0, 0.05) is 23.5 Å². The van der Waals surface area contributed by atoms with Gasteiger partial charge in [0.1, 0.15) is 5.58 Å². The van der Waals surface area contributed by atoms with E-state index in [0.29, 0.717) is 6.04 Å². The molecule has 0 atom stereocenters. The first-order valence-electron chi connectivity index (χ1n) is 7.03. The zero-order valence-electron chi connectivity index (χ0n) is 12.9. The van der Waals surface area contributed by atoms with Crippen molar-refractivity contribution in [1.29, 1.82) is 0 Å². The second-order valence-electron chi connectivity index (χ2n) is 6.72. The van der Waals surface area contributed by atoms with Gasteiger partial charge in [-0.3, -0.25) is 0 Å². The third kappa shape index (κ3) is 3.01. The Morgan fingerprint density at radius 3 is 2.47 bits per heavy atom. The van der Waals surface area contributed by atoms with Gasteiger partial charge in [-0.05, 0) is 29.5 Å². The van der Waals surface area contributed by atoms with E-state index in [-0.39, 0.29) is 5.41 Å². The molecule has 0 aliphatic carbocycles. The van der Waals surface area contributed by atoms with Crippen LogP contribution in [0.1, 0.15) is 51.3 Å². The lowest BCUT2D eigenvalue weighted by atomic mass is 9.85. The molecular formula is C17H25NO. The minimum absolute atomic E-state index is 0.166. The lowest BCUT2D eigenvalue weighted by Gasteiger charge is -2.20. The highest BCUT2D eigenvalue weighted by Crippen LogP contribution is 2.31. The molecule has 2 rings (SSSR count). The van der Waals surface area contributed by atoms with Gasteiger partial charge in [-0.15, -0.1) is 0 Å². The molecule has 1 N–H and O–H groups in total. The predicted octanol–water partition coefficient (Wildman–Crippen LogP) is 4.54. The highest BCUT2D eigenvalue weighted by atomic mass is 16.3. The van der Waals surface area contributed by atoms with Crippen LogP contribution in [0.3, 0.4) is 0 Å². The van der Waals surface area contributed by atoms with Gasteiger partial charge < -0.3 is 9.73 Å². The molecule has 1 heterocycles. The summed E-state index contributed by atoms with van der Waals surface area (Å²) in [7, 11) is 0. The molecule has 1 aromatic heterocycles. The fourth-order valence-corrected chi connectivity index (χ4v) is 2.25. The summed E-state index contributed by atoms with van der Waals surface area (Å²) in [5, 5.41) is 4.71. The number of rotatable bonds is 3. The summed E-state index contributed by atoms with van der Waals surface area (Å²) in [6.45, 7) is 14.1. The van der Waals surface area contributed by atoms with Crippen molar-refractivity contribution in [2.45, 2.75) is 59.5 Å². The molecule has 0 amide bonds. The van der Waals surface area contributed by atoms with Gasteiger partial charge in [0.05, 0.1) is 6.26 Å². The molecule has 2 heteroatoms. The minimum Gasteiger partial charge on any atom is -0.464 e. The first-order valence-corrected chi connectivity index (χ1v) is 7.03. The molecule has 0 saturated heterocycles. The molecule has 2 aromatic rings. The first-order chi connectivity index (χ1) is 8.79. The average Bonchev–Trinajstić information content (AvgIpc) is 2.68. The lowest BCUT2D eigenvalue weighted by Crippen LogP contribution is -2.21. The molecule has 104 valence electrons. The van der Waals surface area contributed by atoms with Crippen molar-refractivity contribution in [3.63, 3.8) is 0 Å². The topological polar surface area (TPSA) is 25.2 Å². The van der Waals surface area contributed by atoms with Crippen LogP contribution in [0.15, 0.2) is 22.8 Å². The summed E-state index contributed by atoms with van der Waals surface area (Å²) >= 11 is 0. The fraction of sp³-hybridized carbons (Fsp3) is 0.529. The van der Waals surface area contributed by atoms with Crippen molar-refractivity contribution in [2.24, 2.45) is 0 Å². The maximum atomic E-state index is 5.74. The Morgan fingerprint density at radius 2 is 1.89 bits per heavy atom. The van der Waals surface area contributed by atoms with Gasteiger partial charge in [0.25, 0.3) is 0 Å². The Morgan fingerprint density at radius 1 is 1.21 bits per heavy atom. The summed E-state index contributed by atoms with van der Waals surface area (Å²) in [4.78, 5) is 0. The number of fused-ring (bicyclic) bond motifs is 1. The van der Waals surface area contributed by atoms with Gasteiger partial charge in [0.15, 0.2) is 0 Å². The molecule has 0 radical (unpaired) electrons. The zero-order valence-corrected chi connectivity index (χ0v) is 12.9. The van der Waals surface area contributed by atoms with Crippen LogP contribution >= 0.6 is 0 Å². The molecule has 1 aromatic carbocycles. The maximum absolute atomic E-state index is 5.74. The summed E-state index contributed by atoms with van der Waals surface area (Å²) in [5.74, 6) is 0. The SMILES string of the molecule is Cc1cc(C(C)(C)C)cc2c(CNC(C)C)coc12. The summed E-state index contributed by atoms with van der Waals surface area (Å²) in [5.41, 5.74) is 5.02. The number of nitrogens with one attached hydrogen (secondary N) is 1. The maximum Gasteiger partial charge on any atom is 0.137 e. The van der Waals surface area contributed by atoms with Crippen LogP contribution in [0.4, 0.5) is 0 Å². The van der Waals surface area contributed by atoms with Crippen LogP contribution < -0.4 is 5.32 Å². The normalized spacial score (nSPS) is 12.6. The molecular weight excluding hydrogens is 234 g/mol. The number of hydrogen-bond acceptors (Lipinski definition) is 2. The van der Waals surface area contributed by atoms with E-state index in [0.717, 1.165) is 12.1 Å². The minimum atomic E-state index is 0.166. The number of hydrogen-bond donors (Lipinski definition) is 1. The predicted molar refractivity (Wildman–Crippen MR) is 81.6 cm³/mol. The number of aryl methyl sites for hydroxylation is 1. The van der Waals surface area contributed by atoms with Crippen molar-refractivity contribution in [3.8, 4) is 0 Å². The standard InChI is InChI=1S/C17H25NO/c1-11(2)18-9-13-10-19-16-12(3)7-14(8-15(13)16)17(4,5)6/h7-8,10-11,18H,9H2,1-6H3.